The second-order valence-corrected chi connectivity index (χ2v) is 5.33. The number of aromatic nitrogens is 1. The zero-order valence-electron chi connectivity index (χ0n) is 12.2. The van der Waals surface area contributed by atoms with Gasteiger partial charge in [-0.15, -0.1) is 0 Å². The van der Waals surface area contributed by atoms with Crippen LogP contribution in [0.1, 0.15) is 28.1 Å². The number of rotatable bonds is 3. The van der Waals surface area contributed by atoms with E-state index in [4.69, 9.17) is 22.7 Å². The normalized spacial score (nSPS) is 10.4. The van der Waals surface area contributed by atoms with E-state index in [0.29, 0.717) is 16.3 Å². The van der Waals surface area contributed by atoms with Gasteiger partial charge in [-0.3, -0.25) is 4.98 Å². The summed E-state index contributed by atoms with van der Waals surface area (Å²) < 4.78 is 6.04. The zero-order chi connectivity index (χ0) is 14.9. The number of nitrogens with zero attached hydrogens (tertiary/aromatic N) is 1. The van der Waals surface area contributed by atoms with Crippen molar-refractivity contribution in [3.05, 3.63) is 52.3 Å². The highest BCUT2D eigenvalue weighted by molar-refractivity contribution is 7.80. The summed E-state index contributed by atoms with van der Waals surface area (Å²) in [6.45, 7) is 7.90. The van der Waals surface area contributed by atoms with E-state index in [1.54, 1.807) is 0 Å². The number of nitrogens with two attached hydrogens (primary N) is 1. The molecule has 1 aromatic heterocycles. The van der Waals surface area contributed by atoms with Crippen molar-refractivity contribution >= 4 is 17.2 Å². The first kappa shape index (κ1) is 14.5. The summed E-state index contributed by atoms with van der Waals surface area (Å²) in [5.41, 5.74) is 10.5. The van der Waals surface area contributed by atoms with E-state index in [1.807, 2.05) is 39.0 Å². The monoisotopic (exact) mass is 286 g/mol. The molecule has 0 atom stereocenters. The second-order valence-electron chi connectivity index (χ2n) is 4.89. The molecule has 3 nitrogen and oxygen atoms in total. The molecule has 0 aliphatic heterocycles. The summed E-state index contributed by atoms with van der Waals surface area (Å²) in [4.78, 5) is 4.69. The van der Waals surface area contributed by atoms with Crippen molar-refractivity contribution in [3.63, 3.8) is 0 Å². The lowest BCUT2D eigenvalue weighted by Crippen LogP contribution is -2.14. The maximum atomic E-state index is 6.04. The Bertz CT molecular complexity index is 680. The Kier molecular flexibility index (Phi) is 4.04. The Morgan fingerprint density at radius 2 is 1.85 bits per heavy atom. The topological polar surface area (TPSA) is 48.1 Å². The molecule has 1 heterocycles. The fraction of sp³-hybridized carbons (Fsp3) is 0.250. The molecule has 0 saturated carbocycles. The minimum atomic E-state index is 0.301. The highest BCUT2D eigenvalue weighted by Gasteiger charge is 2.14. The molecule has 0 aliphatic rings. The van der Waals surface area contributed by atoms with Gasteiger partial charge in [0.25, 0.3) is 0 Å². The number of hydrogen-bond acceptors (Lipinski definition) is 3. The highest BCUT2D eigenvalue weighted by Crippen LogP contribution is 2.30. The minimum Gasteiger partial charge on any atom is -0.456 e. The van der Waals surface area contributed by atoms with Gasteiger partial charge < -0.3 is 10.5 Å². The molecule has 1 aromatic carbocycles. The van der Waals surface area contributed by atoms with E-state index < -0.39 is 0 Å². The van der Waals surface area contributed by atoms with Crippen LogP contribution in [0.4, 0.5) is 0 Å². The van der Waals surface area contributed by atoms with Crippen LogP contribution in [0.2, 0.25) is 0 Å². The molecule has 0 radical (unpaired) electrons. The molecular weight excluding hydrogens is 268 g/mol. The molecule has 2 aromatic rings. The van der Waals surface area contributed by atoms with Crippen LogP contribution in [0.15, 0.2) is 24.3 Å². The Hall–Kier alpha value is -1.94. The highest BCUT2D eigenvalue weighted by atomic mass is 32.1. The van der Waals surface area contributed by atoms with Gasteiger partial charge in [0.15, 0.2) is 0 Å². The summed E-state index contributed by atoms with van der Waals surface area (Å²) in [5.74, 6) is 1.48. The van der Waals surface area contributed by atoms with Crippen molar-refractivity contribution in [1.29, 1.82) is 0 Å². The predicted molar refractivity (Wildman–Crippen MR) is 85.6 cm³/mol. The molecule has 104 valence electrons. The van der Waals surface area contributed by atoms with Gasteiger partial charge in [-0.05, 0) is 44.9 Å². The quantitative estimate of drug-likeness (QED) is 0.873. The van der Waals surface area contributed by atoms with Gasteiger partial charge in [-0.25, -0.2) is 0 Å². The van der Waals surface area contributed by atoms with Crippen LogP contribution in [0.5, 0.6) is 11.5 Å². The standard InChI is InChI=1S/C16H18N2OS/c1-9-6-5-7-13(11(9)3)19-14-8-10(2)18-12(4)15(14)16(17)20/h5-8H,1-4H3,(H2,17,20). The lowest BCUT2D eigenvalue weighted by Gasteiger charge is -2.15. The summed E-state index contributed by atoms with van der Waals surface area (Å²) in [7, 11) is 0. The smallest absolute Gasteiger partial charge is 0.141 e. The first-order valence-electron chi connectivity index (χ1n) is 6.42. The van der Waals surface area contributed by atoms with Crippen LogP contribution < -0.4 is 10.5 Å². The number of thiocarbonyl (C=S) groups is 1. The maximum absolute atomic E-state index is 6.04. The van der Waals surface area contributed by atoms with E-state index in [9.17, 15) is 0 Å². The van der Waals surface area contributed by atoms with Gasteiger partial charge in [0.2, 0.25) is 0 Å². The fourth-order valence-corrected chi connectivity index (χ4v) is 2.37. The third-order valence-corrected chi connectivity index (χ3v) is 3.52. The Balaban J connectivity index is 2.53. The molecule has 0 fully saturated rings. The van der Waals surface area contributed by atoms with E-state index in [-0.39, 0.29) is 0 Å². The predicted octanol–water partition coefficient (Wildman–Crippen LogP) is 3.74. The molecule has 0 unspecified atom stereocenters. The average molecular weight is 286 g/mol. The van der Waals surface area contributed by atoms with E-state index >= 15 is 0 Å². The number of aryl methyl sites for hydroxylation is 3. The second kappa shape index (κ2) is 5.59. The lowest BCUT2D eigenvalue weighted by molar-refractivity contribution is 0.475. The largest absolute Gasteiger partial charge is 0.456 e. The maximum Gasteiger partial charge on any atom is 0.141 e. The van der Waals surface area contributed by atoms with Gasteiger partial charge in [0.1, 0.15) is 16.5 Å². The summed E-state index contributed by atoms with van der Waals surface area (Å²) in [6, 6.07) is 7.83. The van der Waals surface area contributed by atoms with Crippen molar-refractivity contribution in [2.45, 2.75) is 27.7 Å². The molecule has 20 heavy (non-hydrogen) atoms. The van der Waals surface area contributed by atoms with Crippen LogP contribution in [-0.4, -0.2) is 9.97 Å². The lowest BCUT2D eigenvalue weighted by atomic mass is 10.1. The van der Waals surface area contributed by atoms with Crippen LogP contribution in [0, 0.1) is 27.7 Å². The minimum absolute atomic E-state index is 0.301. The Morgan fingerprint density at radius 1 is 1.15 bits per heavy atom. The van der Waals surface area contributed by atoms with Gasteiger partial charge in [0, 0.05) is 11.8 Å². The van der Waals surface area contributed by atoms with Gasteiger partial charge in [-0.1, -0.05) is 24.4 Å². The Labute approximate surface area is 124 Å². The van der Waals surface area contributed by atoms with Crippen LogP contribution in [0.3, 0.4) is 0 Å². The first-order chi connectivity index (χ1) is 9.40. The summed E-state index contributed by atoms with van der Waals surface area (Å²) >= 11 is 5.11. The van der Waals surface area contributed by atoms with Gasteiger partial charge in [0.05, 0.1) is 11.3 Å². The fourth-order valence-electron chi connectivity index (χ4n) is 2.13. The van der Waals surface area contributed by atoms with Crippen molar-refractivity contribution in [3.8, 4) is 11.5 Å². The molecule has 4 heteroatoms. The number of hydrogen-bond donors (Lipinski definition) is 1. The third-order valence-electron chi connectivity index (χ3n) is 3.31. The number of pyridine rings is 1. The third kappa shape index (κ3) is 2.80. The van der Waals surface area contributed by atoms with Crippen LogP contribution in [-0.2, 0) is 0 Å². The number of ether oxygens (including phenoxy) is 1. The van der Waals surface area contributed by atoms with Crippen molar-refractivity contribution in [2.24, 2.45) is 5.73 Å². The summed E-state index contributed by atoms with van der Waals surface area (Å²) in [5, 5.41) is 0. The summed E-state index contributed by atoms with van der Waals surface area (Å²) in [6.07, 6.45) is 0. The van der Waals surface area contributed by atoms with Crippen molar-refractivity contribution < 1.29 is 4.74 Å². The molecule has 0 bridgehead atoms. The molecule has 0 saturated heterocycles. The van der Waals surface area contributed by atoms with Crippen molar-refractivity contribution in [1.82, 2.24) is 4.98 Å². The van der Waals surface area contributed by atoms with Crippen LogP contribution >= 0.6 is 12.2 Å². The van der Waals surface area contributed by atoms with E-state index in [1.165, 1.54) is 5.56 Å². The first-order valence-corrected chi connectivity index (χ1v) is 6.83. The molecule has 2 N–H and O–H groups in total. The molecule has 2 rings (SSSR count). The number of benzene rings is 1. The van der Waals surface area contributed by atoms with Crippen molar-refractivity contribution in [2.75, 3.05) is 0 Å². The van der Waals surface area contributed by atoms with Gasteiger partial charge in [-0.2, -0.15) is 0 Å². The van der Waals surface area contributed by atoms with E-state index in [2.05, 4.69) is 18.0 Å². The van der Waals surface area contributed by atoms with Crippen LogP contribution in [0.25, 0.3) is 0 Å². The SMILES string of the molecule is Cc1cc(Oc2cccc(C)c2C)c(C(N)=S)c(C)n1. The van der Waals surface area contributed by atoms with Gasteiger partial charge >= 0.3 is 0 Å². The average Bonchev–Trinajstić information content (AvgIpc) is 2.33. The zero-order valence-corrected chi connectivity index (χ0v) is 13.0. The molecule has 0 aliphatic carbocycles. The molecule has 0 spiro atoms. The Morgan fingerprint density at radius 3 is 2.50 bits per heavy atom. The van der Waals surface area contributed by atoms with E-state index in [0.717, 1.165) is 22.7 Å². The molecular formula is C16H18N2OS. The molecule has 0 amide bonds.